The molecule has 6 nitrogen and oxygen atoms in total. The maximum absolute atomic E-state index is 11.8. The molecular weight excluding hydrogens is 468 g/mol. The van der Waals surface area contributed by atoms with Crippen LogP contribution in [0.3, 0.4) is 0 Å². The molecule has 1 saturated heterocycles. The fourth-order valence-electron chi connectivity index (χ4n) is 5.03. The number of sulfone groups is 1. The lowest BCUT2D eigenvalue weighted by molar-refractivity contribution is 0.231. The van der Waals surface area contributed by atoms with Crippen molar-refractivity contribution in [2.24, 2.45) is 5.92 Å². The van der Waals surface area contributed by atoms with Crippen LogP contribution in [0.1, 0.15) is 19.5 Å². The van der Waals surface area contributed by atoms with Crippen LogP contribution < -0.4 is 4.90 Å². The van der Waals surface area contributed by atoms with Crippen LogP contribution >= 0.6 is 0 Å². The van der Waals surface area contributed by atoms with Gasteiger partial charge in [-0.05, 0) is 54.8 Å². The van der Waals surface area contributed by atoms with Gasteiger partial charge in [-0.3, -0.25) is 9.88 Å². The number of rotatable bonds is 6. The van der Waals surface area contributed by atoms with Crippen molar-refractivity contribution in [2.45, 2.75) is 25.7 Å². The number of anilines is 1. The number of pyridine rings is 1. The van der Waals surface area contributed by atoms with Crippen LogP contribution in [0, 0.1) is 12.8 Å². The van der Waals surface area contributed by atoms with E-state index in [1.165, 1.54) is 18.5 Å². The predicted octanol–water partition coefficient (Wildman–Crippen LogP) is 5.39. The van der Waals surface area contributed by atoms with Crippen LogP contribution in [-0.4, -0.2) is 62.3 Å². The summed E-state index contributed by atoms with van der Waals surface area (Å²) in [5.74, 6) is 0.709. The smallest absolute Gasteiger partial charge is 0.175 e. The van der Waals surface area contributed by atoms with Crippen LogP contribution in [0.2, 0.25) is 0 Å². The number of nitrogens with zero attached hydrogens (tertiary/aromatic N) is 3. The summed E-state index contributed by atoms with van der Waals surface area (Å²) in [5, 5.41) is 1.07. The molecule has 0 bridgehead atoms. The topological polar surface area (TPSA) is 69.3 Å². The highest BCUT2D eigenvalue weighted by Crippen LogP contribution is 2.30. The van der Waals surface area contributed by atoms with Gasteiger partial charge in [0.05, 0.1) is 10.6 Å². The van der Waals surface area contributed by atoms with Crippen molar-refractivity contribution in [3.63, 3.8) is 0 Å². The summed E-state index contributed by atoms with van der Waals surface area (Å²) in [4.78, 5) is 13.7. The lowest BCUT2D eigenvalue weighted by Gasteiger charge is -2.36. The van der Waals surface area contributed by atoms with Gasteiger partial charge in [-0.15, -0.1) is 0 Å². The molecule has 0 amide bonds. The molecule has 0 spiro atoms. The third kappa shape index (κ3) is 5.18. The molecule has 1 fully saturated rings. The summed E-state index contributed by atoms with van der Waals surface area (Å²) in [5.41, 5.74) is 7.16. The Morgan fingerprint density at radius 2 is 1.56 bits per heavy atom. The standard InChI is InChI=1S/C29H34N4O2S/c1-20(2)19-32-13-15-33(16-14-32)24-9-5-22(6-10-24)28-18-29-26(21(3)30-28)17-27(31-29)23-7-11-25(12-8-23)36(4,34)35/h5-12,17-18,20,31H,13-16,19H2,1-4H3. The van der Waals surface area contributed by atoms with Gasteiger partial charge < -0.3 is 9.88 Å². The van der Waals surface area contributed by atoms with E-state index in [4.69, 9.17) is 4.98 Å². The predicted molar refractivity (Wildman–Crippen MR) is 148 cm³/mol. The molecular formula is C29H34N4O2S. The number of aromatic nitrogens is 2. The zero-order valence-electron chi connectivity index (χ0n) is 21.5. The van der Waals surface area contributed by atoms with Gasteiger partial charge in [0.2, 0.25) is 0 Å². The molecule has 36 heavy (non-hydrogen) atoms. The number of nitrogens with one attached hydrogen (secondary N) is 1. The molecule has 0 radical (unpaired) electrons. The van der Waals surface area contributed by atoms with Gasteiger partial charge >= 0.3 is 0 Å². The quantitative estimate of drug-likeness (QED) is 0.383. The third-order valence-corrected chi connectivity index (χ3v) is 8.05. The van der Waals surface area contributed by atoms with Crippen molar-refractivity contribution in [1.82, 2.24) is 14.9 Å². The first kappa shape index (κ1) is 24.5. The number of hydrogen-bond donors (Lipinski definition) is 1. The highest BCUT2D eigenvalue weighted by atomic mass is 32.2. The molecule has 0 unspecified atom stereocenters. The summed E-state index contributed by atoms with van der Waals surface area (Å²) in [6, 6.07) is 19.9. The molecule has 1 aliphatic heterocycles. The molecule has 1 aliphatic rings. The van der Waals surface area contributed by atoms with E-state index in [0.717, 1.165) is 65.3 Å². The first-order valence-corrected chi connectivity index (χ1v) is 14.4. The molecule has 1 N–H and O–H groups in total. The van der Waals surface area contributed by atoms with Crippen molar-refractivity contribution in [2.75, 3.05) is 43.9 Å². The molecule has 4 aromatic rings. The summed E-state index contributed by atoms with van der Waals surface area (Å²) >= 11 is 0. The van der Waals surface area contributed by atoms with Crippen LogP contribution in [0.5, 0.6) is 0 Å². The van der Waals surface area contributed by atoms with E-state index in [1.54, 1.807) is 12.1 Å². The highest BCUT2D eigenvalue weighted by molar-refractivity contribution is 7.90. The van der Waals surface area contributed by atoms with E-state index in [-0.39, 0.29) is 0 Å². The molecule has 0 saturated carbocycles. The van der Waals surface area contributed by atoms with Gasteiger partial charge in [0, 0.05) is 72.5 Å². The minimum absolute atomic E-state index is 0.323. The van der Waals surface area contributed by atoms with E-state index in [9.17, 15) is 8.42 Å². The number of aryl methyl sites for hydroxylation is 1. The van der Waals surface area contributed by atoms with Crippen LogP contribution in [0.25, 0.3) is 33.4 Å². The maximum Gasteiger partial charge on any atom is 0.175 e. The normalized spacial score (nSPS) is 15.2. The molecule has 3 heterocycles. The Balaban J connectivity index is 1.35. The van der Waals surface area contributed by atoms with Gasteiger partial charge in [0.25, 0.3) is 0 Å². The number of piperazine rings is 1. The summed E-state index contributed by atoms with van der Waals surface area (Å²) in [7, 11) is -3.21. The Labute approximate surface area is 213 Å². The lowest BCUT2D eigenvalue weighted by Crippen LogP contribution is -2.47. The van der Waals surface area contributed by atoms with Crippen LogP contribution in [-0.2, 0) is 9.84 Å². The SMILES string of the molecule is Cc1nc(-c2ccc(N3CCN(CC(C)C)CC3)cc2)cc2[nH]c(-c3ccc(S(C)(=O)=O)cc3)cc12. The first-order valence-electron chi connectivity index (χ1n) is 12.6. The average Bonchev–Trinajstić information content (AvgIpc) is 3.29. The number of H-pyrrole nitrogens is 1. The zero-order chi connectivity index (χ0) is 25.4. The molecule has 5 rings (SSSR count). The lowest BCUT2D eigenvalue weighted by atomic mass is 10.1. The fourth-order valence-corrected chi connectivity index (χ4v) is 5.66. The van der Waals surface area contributed by atoms with Gasteiger partial charge in [-0.25, -0.2) is 8.42 Å². The van der Waals surface area contributed by atoms with Gasteiger partial charge in [0.1, 0.15) is 0 Å². The van der Waals surface area contributed by atoms with Gasteiger partial charge in [0.15, 0.2) is 9.84 Å². The second-order valence-electron chi connectivity index (χ2n) is 10.3. The van der Waals surface area contributed by atoms with E-state index in [0.29, 0.717) is 10.8 Å². The molecule has 2 aromatic carbocycles. The highest BCUT2D eigenvalue weighted by Gasteiger charge is 2.18. The van der Waals surface area contributed by atoms with E-state index >= 15 is 0 Å². The van der Waals surface area contributed by atoms with Crippen LogP contribution in [0.4, 0.5) is 5.69 Å². The van der Waals surface area contributed by atoms with E-state index < -0.39 is 9.84 Å². The first-order chi connectivity index (χ1) is 17.2. The Bertz CT molecular complexity index is 1460. The maximum atomic E-state index is 11.8. The Morgan fingerprint density at radius 1 is 0.917 bits per heavy atom. The largest absolute Gasteiger partial charge is 0.369 e. The fraction of sp³-hybridized carbons (Fsp3) is 0.345. The van der Waals surface area contributed by atoms with Crippen molar-refractivity contribution in [1.29, 1.82) is 0 Å². The summed E-state index contributed by atoms with van der Waals surface area (Å²) in [6.07, 6.45) is 1.22. The number of hydrogen-bond acceptors (Lipinski definition) is 5. The van der Waals surface area contributed by atoms with Gasteiger partial charge in [-0.2, -0.15) is 0 Å². The van der Waals surface area contributed by atoms with Gasteiger partial charge in [-0.1, -0.05) is 38.1 Å². The Hall–Kier alpha value is -3.16. The van der Waals surface area contributed by atoms with E-state index in [2.05, 4.69) is 65.0 Å². The number of benzene rings is 2. The molecule has 188 valence electrons. The van der Waals surface area contributed by atoms with Crippen molar-refractivity contribution in [3.05, 3.63) is 66.4 Å². The summed E-state index contributed by atoms with van der Waals surface area (Å²) in [6.45, 7) is 12.1. The van der Waals surface area contributed by atoms with Crippen molar-refractivity contribution < 1.29 is 8.42 Å². The van der Waals surface area contributed by atoms with Crippen LogP contribution in [0.15, 0.2) is 65.6 Å². The Kier molecular flexibility index (Phi) is 6.62. The van der Waals surface area contributed by atoms with E-state index in [1.807, 2.05) is 19.1 Å². The summed E-state index contributed by atoms with van der Waals surface area (Å²) < 4.78 is 23.6. The average molecular weight is 503 g/mol. The molecule has 2 aromatic heterocycles. The zero-order valence-corrected chi connectivity index (χ0v) is 22.3. The number of fused-ring (bicyclic) bond motifs is 1. The minimum atomic E-state index is -3.21. The molecule has 0 atom stereocenters. The van der Waals surface area contributed by atoms with Crippen molar-refractivity contribution in [3.8, 4) is 22.5 Å². The molecule has 7 heteroatoms. The second-order valence-corrected chi connectivity index (χ2v) is 12.3. The van der Waals surface area contributed by atoms with Crippen molar-refractivity contribution >= 4 is 26.4 Å². The Morgan fingerprint density at radius 3 is 2.17 bits per heavy atom. The number of aromatic amines is 1. The monoisotopic (exact) mass is 502 g/mol. The minimum Gasteiger partial charge on any atom is -0.369 e. The molecule has 0 aliphatic carbocycles. The second kappa shape index (κ2) is 9.71. The third-order valence-electron chi connectivity index (χ3n) is 6.92.